The minimum absolute atomic E-state index is 0.0619. The molecule has 7 nitrogen and oxygen atoms in total. The van der Waals surface area contributed by atoms with Gasteiger partial charge in [0.05, 0.1) is 24.8 Å². The first-order chi connectivity index (χ1) is 9.93. The van der Waals surface area contributed by atoms with Crippen LogP contribution in [0, 0.1) is 24.0 Å². The summed E-state index contributed by atoms with van der Waals surface area (Å²) in [6.45, 7) is 4.16. The standard InChI is InChI=1S/C14H15N3O4/c1-9-5-4-6-10(2)11(9)8-16-12(14(18)21-3)7-13(15-16)17(19)20/h4-7H,8H2,1-3H3. The van der Waals surface area contributed by atoms with Crippen LogP contribution in [-0.2, 0) is 11.3 Å². The highest BCUT2D eigenvalue weighted by Crippen LogP contribution is 2.19. The third-order valence-electron chi connectivity index (χ3n) is 3.30. The van der Waals surface area contributed by atoms with Crippen LogP contribution in [0.5, 0.6) is 0 Å². The van der Waals surface area contributed by atoms with Crippen LogP contribution >= 0.6 is 0 Å². The Hall–Kier alpha value is -2.70. The number of aromatic nitrogens is 2. The van der Waals surface area contributed by atoms with Crippen LogP contribution in [0.2, 0.25) is 0 Å². The molecule has 0 fully saturated rings. The summed E-state index contributed by atoms with van der Waals surface area (Å²) < 4.78 is 5.95. The molecule has 0 radical (unpaired) electrons. The van der Waals surface area contributed by atoms with Crippen molar-refractivity contribution in [3.8, 4) is 0 Å². The van der Waals surface area contributed by atoms with Gasteiger partial charge < -0.3 is 14.9 Å². The van der Waals surface area contributed by atoms with Gasteiger partial charge in [-0.1, -0.05) is 18.2 Å². The van der Waals surface area contributed by atoms with E-state index >= 15 is 0 Å². The second kappa shape index (κ2) is 5.74. The molecule has 0 aliphatic carbocycles. The summed E-state index contributed by atoms with van der Waals surface area (Å²) in [5.74, 6) is -1.02. The maximum atomic E-state index is 11.7. The Bertz CT molecular complexity index is 686. The van der Waals surface area contributed by atoms with Crippen LogP contribution in [0.25, 0.3) is 0 Å². The van der Waals surface area contributed by atoms with E-state index in [1.165, 1.54) is 11.8 Å². The molecule has 2 aromatic rings. The zero-order valence-electron chi connectivity index (χ0n) is 12.0. The van der Waals surface area contributed by atoms with E-state index < -0.39 is 10.9 Å². The summed E-state index contributed by atoms with van der Waals surface area (Å²) in [5, 5.41) is 14.7. The van der Waals surface area contributed by atoms with Crippen molar-refractivity contribution in [1.82, 2.24) is 9.78 Å². The second-order valence-electron chi connectivity index (χ2n) is 4.66. The van der Waals surface area contributed by atoms with E-state index in [1.807, 2.05) is 32.0 Å². The topological polar surface area (TPSA) is 87.3 Å². The fourth-order valence-electron chi connectivity index (χ4n) is 2.13. The smallest absolute Gasteiger partial charge is 0.390 e. The van der Waals surface area contributed by atoms with E-state index in [0.717, 1.165) is 22.8 Å². The van der Waals surface area contributed by atoms with E-state index in [-0.39, 0.29) is 18.1 Å². The Morgan fingerprint density at radius 1 is 1.38 bits per heavy atom. The summed E-state index contributed by atoms with van der Waals surface area (Å²) in [5.41, 5.74) is 3.10. The van der Waals surface area contributed by atoms with Crippen molar-refractivity contribution < 1.29 is 14.5 Å². The lowest BCUT2D eigenvalue weighted by Gasteiger charge is -2.09. The largest absolute Gasteiger partial charge is 0.464 e. The van der Waals surface area contributed by atoms with Gasteiger partial charge in [0, 0.05) is 0 Å². The maximum Gasteiger partial charge on any atom is 0.390 e. The number of hydrogen-bond donors (Lipinski definition) is 0. The molecule has 0 aliphatic heterocycles. The molecule has 1 aromatic carbocycles. The second-order valence-corrected chi connectivity index (χ2v) is 4.66. The highest BCUT2D eigenvalue weighted by molar-refractivity contribution is 5.88. The molecule has 0 unspecified atom stereocenters. The Kier molecular flexibility index (Phi) is 4.02. The number of ether oxygens (including phenoxy) is 1. The predicted octanol–water partition coefficient (Wildman–Crippen LogP) is 2.24. The zero-order chi connectivity index (χ0) is 15.6. The minimum atomic E-state index is -0.651. The van der Waals surface area contributed by atoms with Gasteiger partial charge >= 0.3 is 11.8 Å². The molecule has 0 aliphatic rings. The summed E-state index contributed by atoms with van der Waals surface area (Å²) in [6, 6.07) is 6.94. The van der Waals surface area contributed by atoms with Crippen LogP contribution in [0.1, 0.15) is 27.2 Å². The highest BCUT2D eigenvalue weighted by atomic mass is 16.6. The number of nitrogens with zero attached hydrogens (tertiary/aromatic N) is 3. The monoisotopic (exact) mass is 289 g/mol. The lowest BCUT2D eigenvalue weighted by molar-refractivity contribution is -0.389. The first kappa shape index (κ1) is 14.7. The third-order valence-corrected chi connectivity index (χ3v) is 3.30. The van der Waals surface area contributed by atoms with Crippen LogP contribution in [0.3, 0.4) is 0 Å². The molecule has 0 spiro atoms. The van der Waals surface area contributed by atoms with Crippen molar-refractivity contribution in [2.45, 2.75) is 20.4 Å². The Morgan fingerprint density at radius 2 is 2.00 bits per heavy atom. The molecule has 0 N–H and O–H groups in total. The van der Waals surface area contributed by atoms with Gasteiger partial charge in [-0.25, -0.2) is 4.79 Å². The van der Waals surface area contributed by atoms with Gasteiger partial charge in [-0.05, 0) is 35.5 Å². The van der Waals surface area contributed by atoms with E-state index in [1.54, 1.807) is 0 Å². The number of esters is 1. The quantitative estimate of drug-likeness (QED) is 0.489. The van der Waals surface area contributed by atoms with Gasteiger partial charge in [0.25, 0.3) is 0 Å². The number of aryl methyl sites for hydroxylation is 2. The number of methoxy groups -OCH3 is 1. The fourth-order valence-corrected chi connectivity index (χ4v) is 2.13. The number of benzene rings is 1. The van der Waals surface area contributed by atoms with Gasteiger partial charge in [-0.15, -0.1) is 0 Å². The first-order valence-electron chi connectivity index (χ1n) is 6.29. The molecular formula is C14H15N3O4. The molecule has 1 heterocycles. The van der Waals surface area contributed by atoms with Crippen LogP contribution in [-0.4, -0.2) is 27.8 Å². The molecule has 1 aromatic heterocycles. The van der Waals surface area contributed by atoms with Crippen LogP contribution < -0.4 is 0 Å². The molecule has 7 heteroatoms. The zero-order valence-corrected chi connectivity index (χ0v) is 12.0. The normalized spacial score (nSPS) is 10.4. The van der Waals surface area contributed by atoms with Gasteiger partial charge in [0.1, 0.15) is 0 Å². The number of carbonyl (C=O) groups excluding carboxylic acids is 1. The molecule has 2 rings (SSSR count). The average Bonchev–Trinajstić information content (AvgIpc) is 2.86. The molecule has 0 saturated carbocycles. The lowest BCUT2D eigenvalue weighted by Crippen LogP contribution is -2.14. The molecule has 0 bridgehead atoms. The van der Waals surface area contributed by atoms with Gasteiger partial charge in [-0.3, -0.25) is 0 Å². The molecular weight excluding hydrogens is 274 g/mol. The van der Waals surface area contributed by atoms with Crippen LogP contribution in [0.4, 0.5) is 5.82 Å². The minimum Gasteiger partial charge on any atom is -0.464 e. The van der Waals surface area contributed by atoms with Gasteiger partial charge in [0.15, 0.2) is 5.69 Å². The number of rotatable bonds is 4. The summed E-state index contributed by atoms with van der Waals surface area (Å²) >= 11 is 0. The molecule has 110 valence electrons. The molecule has 21 heavy (non-hydrogen) atoms. The van der Waals surface area contributed by atoms with Crippen molar-refractivity contribution in [1.29, 1.82) is 0 Å². The van der Waals surface area contributed by atoms with Crippen molar-refractivity contribution in [3.63, 3.8) is 0 Å². The lowest BCUT2D eigenvalue weighted by atomic mass is 10.0. The molecule has 0 atom stereocenters. The van der Waals surface area contributed by atoms with E-state index in [4.69, 9.17) is 0 Å². The molecule has 0 amide bonds. The fraction of sp³-hybridized carbons (Fsp3) is 0.286. The number of hydrogen-bond acceptors (Lipinski definition) is 5. The molecule has 0 saturated heterocycles. The summed E-state index contributed by atoms with van der Waals surface area (Å²) in [4.78, 5) is 21.9. The summed E-state index contributed by atoms with van der Waals surface area (Å²) in [6.07, 6.45) is 0. The Balaban J connectivity index is 2.48. The van der Waals surface area contributed by atoms with Crippen molar-refractivity contribution in [2.24, 2.45) is 0 Å². The summed E-state index contributed by atoms with van der Waals surface area (Å²) in [7, 11) is 1.23. The van der Waals surface area contributed by atoms with E-state index in [2.05, 4.69) is 9.84 Å². The SMILES string of the molecule is COC(=O)c1cc([N+](=O)[O-])nn1Cc1c(C)cccc1C. The first-order valence-corrected chi connectivity index (χ1v) is 6.29. The van der Waals surface area contributed by atoms with Crippen molar-refractivity contribution in [3.05, 3.63) is 56.8 Å². The maximum absolute atomic E-state index is 11.7. The van der Waals surface area contributed by atoms with Crippen LogP contribution in [0.15, 0.2) is 24.3 Å². The highest BCUT2D eigenvalue weighted by Gasteiger charge is 2.24. The van der Waals surface area contributed by atoms with Crippen molar-refractivity contribution >= 4 is 11.8 Å². The number of carbonyl (C=O) groups is 1. The van der Waals surface area contributed by atoms with E-state index in [9.17, 15) is 14.9 Å². The van der Waals surface area contributed by atoms with Gasteiger partial charge in [-0.2, -0.15) is 4.68 Å². The average molecular weight is 289 g/mol. The van der Waals surface area contributed by atoms with Gasteiger partial charge in [0.2, 0.25) is 0 Å². The predicted molar refractivity (Wildman–Crippen MR) is 75.2 cm³/mol. The number of nitro groups is 1. The van der Waals surface area contributed by atoms with E-state index in [0.29, 0.717) is 0 Å². The Morgan fingerprint density at radius 3 is 2.52 bits per heavy atom. The third kappa shape index (κ3) is 2.91. The van der Waals surface area contributed by atoms with Crippen molar-refractivity contribution in [2.75, 3.05) is 7.11 Å². The Labute approximate surface area is 121 Å².